The topological polar surface area (TPSA) is 48.1 Å². The molecule has 0 bridgehead atoms. The van der Waals surface area contributed by atoms with Crippen LogP contribution in [-0.4, -0.2) is 11.1 Å². The van der Waals surface area contributed by atoms with Gasteiger partial charge in [0.2, 0.25) is 5.88 Å². The van der Waals surface area contributed by atoms with Gasteiger partial charge in [0, 0.05) is 12.1 Å². The lowest BCUT2D eigenvalue weighted by Gasteiger charge is -2.27. The van der Waals surface area contributed by atoms with Gasteiger partial charge in [0.1, 0.15) is 11.8 Å². The van der Waals surface area contributed by atoms with Crippen LogP contribution in [0.2, 0.25) is 0 Å². The molecule has 1 aromatic rings. The molecule has 1 saturated carbocycles. The molecule has 0 saturated heterocycles. The van der Waals surface area contributed by atoms with Crippen molar-refractivity contribution in [2.45, 2.75) is 51.4 Å². The number of halogens is 3. The molecule has 0 unspecified atom stereocenters. The minimum atomic E-state index is -4.47. The summed E-state index contributed by atoms with van der Waals surface area (Å²) in [4.78, 5) is 3.60. The molecule has 2 rings (SSSR count). The molecule has 0 radical (unpaired) electrons. The zero-order valence-electron chi connectivity index (χ0n) is 11.4. The van der Waals surface area contributed by atoms with E-state index in [-0.39, 0.29) is 18.5 Å². The first-order valence-electron chi connectivity index (χ1n) is 6.84. The summed E-state index contributed by atoms with van der Waals surface area (Å²) in [6, 6.07) is 2.29. The maximum Gasteiger partial charge on any atom is 0.433 e. The van der Waals surface area contributed by atoms with E-state index in [0.29, 0.717) is 11.5 Å². The maximum atomic E-state index is 12.7. The number of aromatic nitrogens is 1. The van der Waals surface area contributed by atoms with Crippen LogP contribution in [0.4, 0.5) is 13.2 Å². The van der Waals surface area contributed by atoms with Gasteiger partial charge in [0.25, 0.3) is 0 Å². The van der Waals surface area contributed by atoms with Crippen LogP contribution in [0.25, 0.3) is 0 Å². The fraction of sp³-hybridized carbons (Fsp3) is 0.643. The molecule has 0 spiro atoms. The number of hydrogen-bond acceptors (Lipinski definition) is 3. The van der Waals surface area contributed by atoms with Crippen molar-refractivity contribution in [3.05, 3.63) is 23.4 Å². The van der Waals surface area contributed by atoms with E-state index in [1.165, 1.54) is 6.07 Å². The number of pyridine rings is 1. The molecule has 20 heavy (non-hydrogen) atoms. The second-order valence-corrected chi connectivity index (χ2v) is 5.36. The normalized spacial score (nSPS) is 23.6. The SMILES string of the molecule is CC1CCC(Oc2nc(C(F)(F)F)ccc2CN)CC1. The van der Waals surface area contributed by atoms with E-state index < -0.39 is 11.9 Å². The first-order chi connectivity index (χ1) is 9.40. The lowest BCUT2D eigenvalue weighted by molar-refractivity contribution is -0.141. The third-order valence-corrected chi connectivity index (χ3v) is 3.69. The average Bonchev–Trinajstić information content (AvgIpc) is 2.40. The van der Waals surface area contributed by atoms with E-state index in [4.69, 9.17) is 10.5 Å². The van der Waals surface area contributed by atoms with Gasteiger partial charge >= 0.3 is 6.18 Å². The largest absolute Gasteiger partial charge is 0.474 e. The first kappa shape index (κ1) is 15.1. The summed E-state index contributed by atoms with van der Waals surface area (Å²) in [6.45, 7) is 2.29. The predicted octanol–water partition coefficient (Wildman–Crippen LogP) is 3.52. The number of nitrogens with two attached hydrogens (primary N) is 1. The molecule has 6 heteroatoms. The molecular formula is C14H19F3N2O. The van der Waals surface area contributed by atoms with Gasteiger partial charge in [-0.3, -0.25) is 0 Å². The van der Waals surface area contributed by atoms with Crippen LogP contribution in [0.3, 0.4) is 0 Å². The van der Waals surface area contributed by atoms with E-state index in [1.54, 1.807) is 0 Å². The Kier molecular flexibility index (Phi) is 4.52. The average molecular weight is 288 g/mol. The van der Waals surface area contributed by atoms with Crippen molar-refractivity contribution in [2.24, 2.45) is 11.7 Å². The Morgan fingerprint density at radius 3 is 2.45 bits per heavy atom. The standard InChI is InChI=1S/C14H19F3N2O/c1-9-2-5-11(6-3-9)20-13-10(8-18)4-7-12(19-13)14(15,16)17/h4,7,9,11H,2-3,5-6,8,18H2,1H3. The van der Waals surface area contributed by atoms with Crippen LogP contribution >= 0.6 is 0 Å². The molecular weight excluding hydrogens is 269 g/mol. The maximum absolute atomic E-state index is 12.7. The minimum Gasteiger partial charge on any atom is -0.474 e. The van der Waals surface area contributed by atoms with E-state index >= 15 is 0 Å². The van der Waals surface area contributed by atoms with Gasteiger partial charge in [-0.1, -0.05) is 13.0 Å². The second kappa shape index (κ2) is 5.99. The summed E-state index contributed by atoms with van der Waals surface area (Å²) in [5, 5.41) is 0. The summed E-state index contributed by atoms with van der Waals surface area (Å²) >= 11 is 0. The number of rotatable bonds is 3. The highest BCUT2D eigenvalue weighted by Crippen LogP contribution is 2.32. The van der Waals surface area contributed by atoms with E-state index in [2.05, 4.69) is 11.9 Å². The number of alkyl halides is 3. The summed E-state index contributed by atoms with van der Waals surface area (Å²) in [5.41, 5.74) is 5.11. The number of ether oxygens (including phenoxy) is 1. The lowest BCUT2D eigenvalue weighted by Crippen LogP contribution is -2.24. The number of hydrogen-bond donors (Lipinski definition) is 1. The highest BCUT2D eigenvalue weighted by Gasteiger charge is 2.33. The summed E-state index contributed by atoms with van der Waals surface area (Å²) in [6.07, 6.45) is -0.769. The predicted molar refractivity (Wildman–Crippen MR) is 69.2 cm³/mol. The van der Waals surface area contributed by atoms with Gasteiger partial charge in [-0.2, -0.15) is 13.2 Å². The molecule has 112 valence electrons. The van der Waals surface area contributed by atoms with E-state index in [9.17, 15) is 13.2 Å². The second-order valence-electron chi connectivity index (χ2n) is 5.36. The van der Waals surface area contributed by atoms with Crippen molar-refractivity contribution >= 4 is 0 Å². The van der Waals surface area contributed by atoms with Gasteiger partial charge in [0.05, 0.1) is 0 Å². The van der Waals surface area contributed by atoms with Gasteiger partial charge in [-0.05, 0) is 37.7 Å². The van der Waals surface area contributed by atoms with Crippen LogP contribution in [0.5, 0.6) is 5.88 Å². The molecule has 1 aromatic heterocycles. The monoisotopic (exact) mass is 288 g/mol. The molecule has 1 fully saturated rings. The minimum absolute atomic E-state index is 0.0295. The molecule has 0 aromatic carbocycles. The Morgan fingerprint density at radius 2 is 1.90 bits per heavy atom. The first-order valence-corrected chi connectivity index (χ1v) is 6.84. The summed E-state index contributed by atoms with van der Waals surface area (Å²) in [5.74, 6) is 0.681. The van der Waals surface area contributed by atoms with Crippen molar-refractivity contribution in [3.63, 3.8) is 0 Å². The number of nitrogens with zero attached hydrogens (tertiary/aromatic N) is 1. The summed E-state index contributed by atoms with van der Waals surface area (Å²) in [7, 11) is 0. The smallest absolute Gasteiger partial charge is 0.433 e. The van der Waals surface area contributed by atoms with Crippen LogP contribution in [0, 0.1) is 5.92 Å². The Bertz CT molecular complexity index is 454. The third-order valence-electron chi connectivity index (χ3n) is 3.69. The van der Waals surface area contributed by atoms with Crippen LogP contribution in [-0.2, 0) is 12.7 Å². The Morgan fingerprint density at radius 1 is 1.25 bits per heavy atom. The molecule has 2 N–H and O–H groups in total. The zero-order chi connectivity index (χ0) is 14.8. The highest BCUT2D eigenvalue weighted by atomic mass is 19.4. The van der Waals surface area contributed by atoms with Gasteiger partial charge in [-0.15, -0.1) is 0 Å². The van der Waals surface area contributed by atoms with Crippen LogP contribution in [0.15, 0.2) is 12.1 Å². The van der Waals surface area contributed by atoms with E-state index in [1.807, 2.05) is 0 Å². The van der Waals surface area contributed by atoms with Crippen molar-refractivity contribution in [1.82, 2.24) is 4.98 Å². The molecule has 1 aliphatic carbocycles. The lowest BCUT2D eigenvalue weighted by atomic mass is 9.89. The van der Waals surface area contributed by atoms with Gasteiger partial charge in [0.15, 0.2) is 0 Å². The zero-order valence-corrected chi connectivity index (χ0v) is 11.4. The Labute approximate surface area is 116 Å². The van der Waals surface area contributed by atoms with Crippen molar-refractivity contribution in [1.29, 1.82) is 0 Å². The summed E-state index contributed by atoms with van der Waals surface area (Å²) < 4.78 is 43.7. The molecule has 0 atom stereocenters. The third kappa shape index (κ3) is 3.62. The highest BCUT2D eigenvalue weighted by molar-refractivity contribution is 5.29. The van der Waals surface area contributed by atoms with E-state index in [0.717, 1.165) is 31.7 Å². The Hall–Kier alpha value is -1.30. The van der Waals surface area contributed by atoms with Gasteiger partial charge in [-0.25, -0.2) is 4.98 Å². The fourth-order valence-electron chi connectivity index (χ4n) is 2.39. The molecule has 0 amide bonds. The molecule has 3 nitrogen and oxygen atoms in total. The molecule has 1 aliphatic rings. The van der Waals surface area contributed by atoms with Crippen molar-refractivity contribution < 1.29 is 17.9 Å². The van der Waals surface area contributed by atoms with Crippen LogP contribution in [0.1, 0.15) is 43.9 Å². The molecule has 0 aliphatic heterocycles. The van der Waals surface area contributed by atoms with Crippen molar-refractivity contribution in [2.75, 3.05) is 0 Å². The van der Waals surface area contributed by atoms with Gasteiger partial charge < -0.3 is 10.5 Å². The quantitative estimate of drug-likeness (QED) is 0.925. The van der Waals surface area contributed by atoms with Crippen molar-refractivity contribution in [3.8, 4) is 5.88 Å². The fourth-order valence-corrected chi connectivity index (χ4v) is 2.39. The van der Waals surface area contributed by atoms with Crippen LogP contribution < -0.4 is 10.5 Å². The molecule has 1 heterocycles. The Balaban J connectivity index is 2.16.